The molecular formula is C19H21N3OS. The summed E-state index contributed by atoms with van der Waals surface area (Å²) in [6, 6.07) is 16.8. The Balaban J connectivity index is 1.71. The molecule has 1 N–H and O–H groups in total. The van der Waals surface area contributed by atoms with Gasteiger partial charge in [-0.3, -0.25) is 0 Å². The zero-order chi connectivity index (χ0) is 16.8. The van der Waals surface area contributed by atoms with Crippen LogP contribution in [0, 0.1) is 0 Å². The Morgan fingerprint density at radius 3 is 2.67 bits per heavy atom. The summed E-state index contributed by atoms with van der Waals surface area (Å²) in [5.74, 6) is 1.84. The maximum atomic E-state index is 5.08. The van der Waals surface area contributed by atoms with Gasteiger partial charge in [0.25, 0.3) is 0 Å². The molecule has 24 heavy (non-hydrogen) atoms. The van der Waals surface area contributed by atoms with Gasteiger partial charge in [-0.25, -0.2) is 9.97 Å². The van der Waals surface area contributed by atoms with E-state index in [1.807, 2.05) is 24.3 Å². The zero-order valence-corrected chi connectivity index (χ0v) is 14.7. The first-order chi connectivity index (χ1) is 11.8. The van der Waals surface area contributed by atoms with E-state index in [2.05, 4.69) is 46.5 Å². The Kier molecular flexibility index (Phi) is 5.67. The average molecular weight is 339 g/mol. The van der Waals surface area contributed by atoms with Crippen molar-refractivity contribution < 1.29 is 4.74 Å². The van der Waals surface area contributed by atoms with Crippen LogP contribution in [-0.2, 0) is 4.74 Å². The molecule has 4 nitrogen and oxygen atoms in total. The molecule has 3 rings (SSSR count). The number of methoxy groups -OCH3 is 1. The summed E-state index contributed by atoms with van der Waals surface area (Å²) in [6.45, 7) is 2.91. The molecule has 0 aliphatic heterocycles. The largest absolute Gasteiger partial charge is 0.384 e. The standard InChI is InChI=1S/C19H21N3OS/c1-14(15-7-9-16(10-8-15)24-12-11-23-2)22-19-17-5-3-4-6-18(17)20-13-21-19/h3-10,13-14H,11-12H2,1-2H3,(H,20,21,22). The summed E-state index contributed by atoms with van der Waals surface area (Å²) >= 11 is 1.81. The number of aromatic nitrogens is 2. The van der Waals surface area contributed by atoms with E-state index in [4.69, 9.17) is 4.74 Å². The lowest BCUT2D eigenvalue weighted by atomic mass is 10.1. The molecule has 1 aromatic heterocycles. The molecular weight excluding hydrogens is 318 g/mol. The fourth-order valence-electron chi connectivity index (χ4n) is 2.50. The first-order valence-corrected chi connectivity index (χ1v) is 8.94. The molecule has 0 fully saturated rings. The van der Waals surface area contributed by atoms with E-state index >= 15 is 0 Å². The molecule has 3 aromatic rings. The molecule has 0 saturated carbocycles. The van der Waals surface area contributed by atoms with E-state index in [0.29, 0.717) is 0 Å². The van der Waals surface area contributed by atoms with Gasteiger partial charge in [-0.2, -0.15) is 0 Å². The number of fused-ring (bicyclic) bond motifs is 1. The molecule has 0 saturated heterocycles. The van der Waals surface area contributed by atoms with Crippen LogP contribution in [0.15, 0.2) is 59.8 Å². The predicted octanol–water partition coefficient (Wildman–Crippen LogP) is 4.54. The minimum absolute atomic E-state index is 0.168. The highest BCUT2D eigenvalue weighted by Crippen LogP contribution is 2.25. The third kappa shape index (κ3) is 4.04. The van der Waals surface area contributed by atoms with Crippen LogP contribution in [0.1, 0.15) is 18.5 Å². The number of benzene rings is 2. The van der Waals surface area contributed by atoms with E-state index in [1.165, 1.54) is 10.5 Å². The van der Waals surface area contributed by atoms with Gasteiger partial charge >= 0.3 is 0 Å². The highest BCUT2D eigenvalue weighted by atomic mass is 32.2. The van der Waals surface area contributed by atoms with Gasteiger partial charge < -0.3 is 10.1 Å². The van der Waals surface area contributed by atoms with E-state index in [-0.39, 0.29) is 6.04 Å². The molecule has 124 valence electrons. The predicted molar refractivity (Wildman–Crippen MR) is 101 cm³/mol. The van der Waals surface area contributed by atoms with Crippen molar-refractivity contribution in [1.82, 2.24) is 9.97 Å². The van der Waals surface area contributed by atoms with E-state index in [0.717, 1.165) is 29.1 Å². The Morgan fingerprint density at radius 1 is 1.08 bits per heavy atom. The highest BCUT2D eigenvalue weighted by Gasteiger charge is 2.09. The van der Waals surface area contributed by atoms with Gasteiger partial charge in [0.15, 0.2) is 0 Å². The number of thioether (sulfide) groups is 1. The van der Waals surface area contributed by atoms with Crippen molar-refractivity contribution in [2.24, 2.45) is 0 Å². The molecule has 5 heteroatoms. The maximum Gasteiger partial charge on any atom is 0.137 e. The Hall–Kier alpha value is -2.11. The van der Waals surface area contributed by atoms with E-state index in [1.54, 1.807) is 25.2 Å². The first kappa shape index (κ1) is 16.7. The second-order valence-corrected chi connectivity index (χ2v) is 6.68. The summed E-state index contributed by atoms with van der Waals surface area (Å²) < 4.78 is 5.08. The van der Waals surface area contributed by atoms with E-state index in [9.17, 15) is 0 Å². The molecule has 1 unspecified atom stereocenters. The number of ether oxygens (including phenoxy) is 1. The van der Waals surface area contributed by atoms with Crippen molar-refractivity contribution >= 4 is 28.5 Å². The maximum absolute atomic E-state index is 5.08. The third-order valence-corrected chi connectivity index (χ3v) is 4.81. The zero-order valence-electron chi connectivity index (χ0n) is 13.9. The number of hydrogen-bond donors (Lipinski definition) is 1. The molecule has 0 aliphatic carbocycles. The van der Waals surface area contributed by atoms with Crippen molar-refractivity contribution in [2.75, 3.05) is 24.8 Å². The second-order valence-electron chi connectivity index (χ2n) is 5.52. The van der Waals surface area contributed by atoms with Gasteiger partial charge in [-0.05, 0) is 36.8 Å². The normalized spacial score (nSPS) is 12.2. The van der Waals surface area contributed by atoms with Crippen LogP contribution in [0.3, 0.4) is 0 Å². The van der Waals surface area contributed by atoms with Crippen LogP contribution in [0.2, 0.25) is 0 Å². The first-order valence-electron chi connectivity index (χ1n) is 7.96. The minimum atomic E-state index is 0.168. The van der Waals surface area contributed by atoms with Crippen LogP contribution >= 0.6 is 11.8 Å². The number of nitrogens with one attached hydrogen (secondary N) is 1. The van der Waals surface area contributed by atoms with Gasteiger partial charge in [0.1, 0.15) is 12.1 Å². The molecule has 0 aliphatic rings. The third-order valence-electron chi connectivity index (χ3n) is 3.83. The molecule has 1 atom stereocenters. The Bertz CT molecular complexity index is 787. The average Bonchev–Trinajstić information content (AvgIpc) is 2.63. The lowest BCUT2D eigenvalue weighted by Crippen LogP contribution is -2.08. The minimum Gasteiger partial charge on any atom is -0.384 e. The summed E-state index contributed by atoms with van der Waals surface area (Å²) in [5, 5.41) is 4.54. The fraction of sp³-hybridized carbons (Fsp3) is 0.263. The van der Waals surface area contributed by atoms with Gasteiger partial charge in [0.2, 0.25) is 0 Å². The summed E-state index contributed by atoms with van der Waals surface area (Å²) in [5.41, 5.74) is 2.18. The smallest absolute Gasteiger partial charge is 0.137 e. The van der Waals surface area contributed by atoms with Gasteiger partial charge in [-0.15, -0.1) is 11.8 Å². The fourth-order valence-corrected chi connectivity index (χ4v) is 3.32. The van der Waals surface area contributed by atoms with Crippen LogP contribution < -0.4 is 5.32 Å². The summed E-state index contributed by atoms with van der Waals surface area (Å²) in [7, 11) is 1.73. The number of hydrogen-bond acceptors (Lipinski definition) is 5. The molecule has 0 bridgehead atoms. The Morgan fingerprint density at radius 2 is 1.88 bits per heavy atom. The lowest BCUT2D eigenvalue weighted by Gasteiger charge is -2.16. The van der Waals surface area contributed by atoms with Crippen molar-refractivity contribution in [3.8, 4) is 0 Å². The van der Waals surface area contributed by atoms with Crippen LogP contribution in [-0.4, -0.2) is 29.4 Å². The number of anilines is 1. The lowest BCUT2D eigenvalue weighted by molar-refractivity contribution is 0.218. The monoisotopic (exact) mass is 339 g/mol. The van der Waals surface area contributed by atoms with E-state index < -0.39 is 0 Å². The molecule has 0 radical (unpaired) electrons. The highest BCUT2D eigenvalue weighted by molar-refractivity contribution is 7.99. The van der Waals surface area contributed by atoms with Crippen molar-refractivity contribution in [1.29, 1.82) is 0 Å². The molecule has 0 amide bonds. The van der Waals surface area contributed by atoms with Gasteiger partial charge in [0, 0.05) is 29.2 Å². The van der Waals surface area contributed by atoms with Gasteiger partial charge in [0.05, 0.1) is 12.1 Å². The molecule has 1 heterocycles. The quantitative estimate of drug-likeness (QED) is 0.506. The van der Waals surface area contributed by atoms with Crippen molar-refractivity contribution in [3.05, 3.63) is 60.4 Å². The Labute approximate surface area is 146 Å². The summed E-state index contributed by atoms with van der Waals surface area (Å²) in [6.07, 6.45) is 1.60. The van der Waals surface area contributed by atoms with Crippen LogP contribution in [0.4, 0.5) is 5.82 Å². The second kappa shape index (κ2) is 8.13. The SMILES string of the molecule is COCCSc1ccc(C(C)Nc2ncnc3ccccc23)cc1. The molecule has 0 spiro atoms. The van der Waals surface area contributed by atoms with Gasteiger partial charge in [-0.1, -0.05) is 24.3 Å². The van der Waals surface area contributed by atoms with Crippen molar-refractivity contribution in [3.63, 3.8) is 0 Å². The number of nitrogens with zero attached hydrogens (tertiary/aromatic N) is 2. The van der Waals surface area contributed by atoms with Crippen molar-refractivity contribution in [2.45, 2.75) is 17.9 Å². The topological polar surface area (TPSA) is 47.0 Å². The number of para-hydroxylation sites is 1. The van der Waals surface area contributed by atoms with Crippen LogP contribution in [0.5, 0.6) is 0 Å². The molecule has 2 aromatic carbocycles. The van der Waals surface area contributed by atoms with Crippen LogP contribution in [0.25, 0.3) is 10.9 Å². The summed E-state index contributed by atoms with van der Waals surface area (Å²) in [4.78, 5) is 9.96. The number of rotatable bonds is 7.